The van der Waals surface area contributed by atoms with Gasteiger partial charge in [0.1, 0.15) is 18.6 Å². The van der Waals surface area contributed by atoms with E-state index in [1.165, 1.54) is 6.07 Å². The lowest BCUT2D eigenvalue weighted by molar-refractivity contribution is 0.112. The summed E-state index contributed by atoms with van der Waals surface area (Å²) in [5, 5.41) is 0.295. The summed E-state index contributed by atoms with van der Waals surface area (Å²) >= 11 is 5.86. The van der Waals surface area contributed by atoms with Crippen molar-refractivity contribution < 1.29 is 17.9 Å². The van der Waals surface area contributed by atoms with Gasteiger partial charge in [-0.3, -0.25) is 4.79 Å². The molecular weight excluding hydrogens is 264 g/mol. The summed E-state index contributed by atoms with van der Waals surface area (Å²) in [7, 11) is -3.04. The lowest BCUT2D eigenvalue weighted by Gasteiger charge is -2.08. The van der Waals surface area contributed by atoms with Gasteiger partial charge in [-0.15, -0.1) is 0 Å². The van der Waals surface area contributed by atoms with Gasteiger partial charge in [0.15, 0.2) is 9.84 Å². The maximum absolute atomic E-state index is 11.2. The van der Waals surface area contributed by atoms with Gasteiger partial charge < -0.3 is 4.74 Å². The van der Waals surface area contributed by atoms with E-state index in [0.29, 0.717) is 22.6 Å². The monoisotopic (exact) mass is 276 g/mol. The topological polar surface area (TPSA) is 60.4 Å². The normalized spacial score (nSPS) is 11.2. The van der Waals surface area contributed by atoms with E-state index in [2.05, 4.69) is 0 Å². The van der Waals surface area contributed by atoms with Crippen LogP contribution in [0, 0.1) is 0 Å². The molecular formula is C11H13ClO4S. The van der Waals surface area contributed by atoms with Crippen LogP contribution in [0.1, 0.15) is 17.3 Å². The van der Waals surface area contributed by atoms with Gasteiger partial charge in [0.2, 0.25) is 0 Å². The predicted octanol–water partition coefficient (Wildman–Crippen LogP) is 1.97. The zero-order valence-corrected chi connectivity index (χ0v) is 10.9. The van der Waals surface area contributed by atoms with E-state index >= 15 is 0 Å². The van der Waals surface area contributed by atoms with E-state index < -0.39 is 9.84 Å². The molecule has 1 rings (SSSR count). The fourth-order valence-electron chi connectivity index (χ4n) is 1.13. The van der Waals surface area contributed by atoms with Crippen LogP contribution >= 0.6 is 11.6 Å². The second-order valence-electron chi connectivity index (χ2n) is 3.39. The van der Waals surface area contributed by atoms with Gasteiger partial charge in [0.05, 0.1) is 10.8 Å². The average Bonchev–Trinajstić information content (AvgIpc) is 2.31. The van der Waals surface area contributed by atoms with E-state index in [-0.39, 0.29) is 18.1 Å². The first-order valence-corrected chi connectivity index (χ1v) is 7.26. The van der Waals surface area contributed by atoms with Gasteiger partial charge >= 0.3 is 0 Å². The van der Waals surface area contributed by atoms with Crippen LogP contribution in [0.2, 0.25) is 5.02 Å². The van der Waals surface area contributed by atoms with E-state index in [4.69, 9.17) is 16.3 Å². The van der Waals surface area contributed by atoms with Crippen LogP contribution in [-0.2, 0) is 9.84 Å². The number of rotatable bonds is 6. The number of carbonyl (C=O) groups excluding carboxylic acids is 1. The predicted molar refractivity (Wildman–Crippen MR) is 66.7 cm³/mol. The minimum absolute atomic E-state index is 0.0464. The fourth-order valence-corrected chi connectivity index (χ4v) is 2.00. The van der Waals surface area contributed by atoms with Crippen molar-refractivity contribution >= 4 is 27.7 Å². The molecule has 17 heavy (non-hydrogen) atoms. The first kappa shape index (κ1) is 14.0. The van der Waals surface area contributed by atoms with E-state index in [1.807, 2.05) is 0 Å². The van der Waals surface area contributed by atoms with Crippen LogP contribution in [0.4, 0.5) is 0 Å². The highest BCUT2D eigenvalue weighted by molar-refractivity contribution is 7.91. The summed E-state index contributed by atoms with van der Waals surface area (Å²) in [4.78, 5) is 10.5. The van der Waals surface area contributed by atoms with Crippen molar-refractivity contribution in [3.63, 3.8) is 0 Å². The number of benzene rings is 1. The molecule has 0 aliphatic rings. The highest BCUT2D eigenvalue weighted by atomic mass is 35.5. The van der Waals surface area contributed by atoms with Gasteiger partial charge in [0.25, 0.3) is 0 Å². The van der Waals surface area contributed by atoms with Gasteiger partial charge in [0, 0.05) is 11.3 Å². The molecule has 0 amide bonds. The first-order valence-electron chi connectivity index (χ1n) is 5.06. The third-order valence-electron chi connectivity index (χ3n) is 2.18. The molecule has 0 saturated carbocycles. The Morgan fingerprint density at radius 3 is 2.65 bits per heavy atom. The van der Waals surface area contributed by atoms with Crippen molar-refractivity contribution in [2.75, 3.05) is 18.1 Å². The van der Waals surface area contributed by atoms with Gasteiger partial charge in [-0.05, 0) is 18.2 Å². The molecule has 0 fully saturated rings. The number of carbonyl (C=O) groups is 1. The largest absolute Gasteiger partial charge is 0.491 e. The first-order chi connectivity index (χ1) is 7.98. The SMILES string of the molecule is CCS(=O)(=O)CCOc1ccc(C=O)cc1Cl. The molecule has 94 valence electrons. The standard InChI is InChI=1S/C11H13ClO4S/c1-2-17(14,15)6-5-16-11-4-3-9(8-13)7-10(11)12/h3-4,7-8H,2,5-6H2,1H3. The number of ether oxygens (including phenoxy) is 1. The molecule has 0 saturated heterocycles. The summed E-state index contributed by atoms with van der Waals surface area (Å²) in [5.74, 6) is 0.423. The van der Waals surface area contributed by atoms with Gasteiger partial charge in [-0.1, -0.05) is 18.5 Å². The van der Waals surface area contributed by atoms with E-state index in [1.54, 1.807) is 19.1 Å². The van der Waals surface area contributed by atoms with E-state index in [9.17, 15) is 13.2 Å². The lowest BCUT2D eigenvalue weighted by atomic mass is 10.2. The number of hydrogen-bond donors (Lipinski definition) is 0. The van der Waals surface area contributed by atoms with Crippen LogP contribution in [0.15, 0.2) is 18.2 Å². The summed E-state index contributed by atoms with van der Waals surface area (Å²) in [6, 6.07) is 4.57. The third-order valence-corrected chi connectivity index (χ3v) is 4.15. The van der Waals surface area contributed by atoms with Crippen molar-refractivity contribution in [3.8, 4) is 5.75 Å². The molecule has 0 unspecified atom stereocenters. The van der Waals surface area contributed by atoms with Gasteiger partial charge in [-0.2, -0.15) is 0 Å². The smallest absolute Gasteiger partial charge is 0.153 e. The van der Waals surface area contributed by atoms with Crippen LogP contribution in [0.25, 0.3) is 0 Å². The third kappa shape index (κ3) is 4.36. The summed E-state index contributed by atoms with van der Waals surface area (Å²) in [6.45, 7) is 1.64. The van der Waals surface area contributed by atoms with Crippen molar-refractivity contribution in [3.05, 3.63) is 28.8 Å². The Morgan fingerprint density at radius 1 is 1.41 bits per heavy atom. The molecule has 0 atom stereocenters. The summed E-state index contributed by atoms with van der Waals surface area (Å²) in [5.41, 5.74) is 0.448. The van der Waals surface area contributed by atoms with Crippen molar-refractivity contribution in [2.24, 2.45) is 0 Å². The quantitative estimate of drug-likeness (QED) is 0.745. The summed E-state index contributed by atoms with van der Waals surface area (Å²) < 4.78 is 27.7. The molecule has 4 nitrogen and oxygen atoms in total. The molecule has 0 aromatic heterocycles. The van der Waals surface area contributed by atoms with Crippen LogP contribution in [0.3, 0.4) is 0 Å². The Bertz CT molecular complexity index is 496. The minimum atomic E-state index is -3.04. The molecule has 1 aromatic rings. The van der Waals surface area contributed by atoms with Crippen molar-refractivity contribution in [1.82, 2.24) is 0 Å². The van der Waals surface area contributed by atoms with E-state index in [0.717, 1.165) is 0 Å². The van der Waals surface area contributed by atoms with Crippen LogP contribution in [-0.4, -0.2) is 32.8 Å². The van der Waals surface area contributed by atoms with Crippen molar-refractivity contribution in [2.45, 2.75) is 6.92 Å². The minimum Gasteiger partial charge on any atom is -0.491 e. The lowest BCUT2D eigenvalue weighted by Crippen LogP contribution is -2.15. The summed E-state index contributed by atoms with van der Waals surface area (Å²) in [6.07, 6.45) is 0.678. The number of aldehydes is 1. The molecule has 0 bridgehead atoms. The van der Waals surface area contributed by atoms with Crippen molar-refractivity contribution in [1.29, 1.82) is 0 Å². The zero-order chi connectivity index (χ0) is 12.9. The Hall–Kier alpha value is -1.07. The maximum atomic E-state index is 11.2. The molecule has 0 aliphatic heterocycles. The van der Waals surface area contributed by atoms with Gasteiger partial charge in [-0.25, -0.2) is 8.42 Å². The molecule has 0 spiro atoms. The molecule has 1 aromatic carbocycles. The Balaban J connectivity index is 2.61. The zero-order valence-electron chi connectivity index (χ0n) is 9.35. The Kier molecular flexibility index (Phi) is 4.96. The van der Waals surface area contributed by atoms with Crippen LogP contribution < -0.4 is 4.74 Å². The molecule has 0 aliphatic carbocycles. The number of sulfone groups is 1. The average molecular weight is 277 g/mol. The van der Waals surface area contributed by atoms with Crippen LogP contribution in [0.5, 0.6) is 5.75 Å². The number of hydrogen-bond acceptors (Lipinski definition) is 4. The molecule has 0 heterocycles. The Labute approximate surface area is 105 Å². The molecule has 0 N–H and O–H groups in total. The second-order valence-corrected chi connectivity index (χ2v) is 6.27. The maximum Gasteiger partial charge on any atom is 0.153 e. The fraction of sp³-hybridized carbons (Fsp3) is 0.364. The Morgan fingerprint density at radius 2 is 2.12 bits per heavy atom. The highest BCUT2D eigenvalue weighted by Gasteiger charge is 2.08. The second kappa shape index (κ2) is 6.02. The highest BCUT2D eigenvalue weighted by Crippen LogP contribution is 2.24. The molecule has 0 radical (unpaired) electrons. The molecule has 6 heteroatoms. The number of halogens is 1.